The van der Waals surface area contributed by atoms with E-state index in [4.69, 9.17) is 16.3 Å². The predicted octanol–water partition coefficient (Wildman–Crippen LogP) is 4.74. The molecular formula is C12H8BrClFNO. The zero-order chi connectivity index (χ0) is 12.4. The maximum absolute atomic E-state index is 13.2. The number of hydrogen-bond donors (Lipinski definition) is 0. The Kier molecular flexibility index (Phi) is 3.64. The number of benzene rings is 1. The minimum absolute atomic E-state index is 0.0674. The second-order valence-electron chi connectivity index (χ2n) is 3.45. The van der Waals surface area contributed by atoms with Gasteiger partial charge in [0.1, 0.15) is 11.6 Å². The first-order chi connectivity index (χ1) is 8.06. The minimum atomic E-state index is -0.515. The summed E-state index contributed by atoms with van der Waals surface area (Å²) in [6.07, 6.45) is 1.62. The van der Waals surface area contributed by atoms with Gasteiger partial charge >= 0.3 is 0 Å². The van der Waals surface area contributed by atoms with Crippen LogP contribution in [0.15, 0.2) is 34.9 Å². The van der Waals surface area contributed by atoms with Crippen molar-refractivity contribution in [1.29, 1.82) is 0 Å². The second kappa shape index (κ2) is 5.02. The van der Waals surface area contributed by atoms with E-state index in [0.717, 1.165) is 10.0 Å². The van der Waals surface area contributed by atoms with E-state index in [1.54, 1.807) is 12.3 Å². The van der Waals surface area contributed by atoms with Gasteiger partial charge in [0.05, 0.1) is 5.02 Å². The Balaban J connectivity index is 2.28. The van der Waals surface area contributed by atoms with Crippen LogP contribution in [0, 0.1) is 12.7 Å². The Hall–Kier alpha value is -1.13. The van der Waals surface area contributed by atoms with Crippen LogP contribution in [0.3, 0.4) is 0 Å². The number of hydrogen-bond acceptors (Lipinski definition) is 2. The Bertz CT molecular complexity index is 562. The van der Waals surface area contributed by atoms with Gasteiger partial charge in [0, 0.05) is 22.3 Å². The largest absolute Gasteiger partial charge is 0.439 e. The van der Waals surface area contributed by atoms with Gasteiger partial charge in [0.2, 0.25) is 5.88 Å². The van der Waals surface area contributed by atoms with Crippen LogP contribution in [-0.4, -0.2) is 4.98 Å². The zero-order valence-electron chi connectivity index (χ0n) is 8.88. The average Bonchev–Trinajstić information content (AvgIpc) is 2.27. The number of rotatable bonds is 2. The Labute approximate surface area is 112 Å². The first kappa shape index (κ1) is 12.3. The molecule has 0 aliphatic rings. The van der Waals surface area contributed by atoms with Gasteiger partial charge in [-0.15, -0.1) is 0 Å². The third kappa shape index (κ3) is 2.96. The SMILES string of the molecule is Cc1cc(Br)cnc1Oc1ccc(Cl)c(F)c1. The van der Waals surface area contributed by atoms with Crippen LogP contribution in [0.4, 0.5) is 4.39 Å². The molecule has 0 amide bonds. The molecule has 0 fully saturated rings. The van der Waals surface area contributed by atoms with E-state index in [1.165, 1.54) is 12.1 Å². The summed E-state index contributed by atoms with van der Waals surface area (Å²) in [4.78, 5) is 4.10. The second-order valence-corrected chi connectivity index (χ2v) is 4.78. The maximum Gasteiger partial charge on any atom is 0.222 e. The first-order valence-corrected chi connectivity index (χ1v) is 5.98. The van der Waals surface area contributed by atoms with E-state index in [1.807, 2.05) is 13.0 Å². The number of aryl methyl sites for hydroxylation is 1. The molecule has 88 valence electrons. The van der Waals surface area contributed by atoms with Crippen molar-refractivity contribution < 1.29 is 9.13 Å². The molecule has 0 aliphatic heterocycles. The van der Waals surface area contributed by atoms with Crippen LogP contribution in [0.2, 0.25) is 5.02 Å². The van der Waals surface area contributed by atoms with Crippen molar-refractivity contribution in [2.75, 3.05) is 0 Å². The lowest BCUT2D eigenvalue weighted by atomic mass is 10.3. The van der Waals surface area contributed by atoms with E-state index < -0.39 is 5.82 Å². The van der Waals surface area contributed by atoms with Crippen molar-refractivity contribution in [2.24, 2.45) is 0 Å². The van der Waals surface area contributed by atoms with Crippen molar-refractivity contribution in [3.63, 3.8) is 0 Å². The molecule has 1 aromatic carbocycles. The third-order valence-electron chi connectivity index (χ3n) is 2.10. The molecular weight excluding hydrogens is 308 g/mol. The Morgan fingerprint density at radius 3 is 2.76 bits per heavy atom. The molecule has 0 N–H and O–H groups in total. The van der Waals surface area contributed by atoms with Gasteiger partial charge in [-0.3, -0.25) is 0 Å². The van der Waals surface area contributed by atoms with Crippen LogP contribution in [0.1, 0.15) is 5.56 Å². The number of aromatic nitrogens is 1. The fourth-order valence-corrected chi connectivity index (χ4v) is 1.85. The molecule has 1 heterocycles. The van der Waals surface area contributed by atoms with Gasteiger partial charge in [-0.25, -0.2) is 9.37 Å². The molecule has 0 saturated carbocycles. The van der Waals surface area contributed by atoms with Gasteiger partial charge in [-0.1, -0.05) is 11.6 Å². The summed E-state index contributed by atoms with van der Waals surface area (Å²) in [5, 5.41) is 0.0674. The van der Waals surface area contributed by atoms with Crippen LogP contribution < -0.4 is 4.74 Å². The lowest BCUT2D eigenvalue weighted by molar-refractivity contribution is 0.454. The topological polar surface area (TPSA) is 22.1 Å². The summed E-state index contributed by atoms with van der Waals surface area (Å²) >= 11 is 8.89. The van der Waals surface area contributed by atoms with Crippen molar-refractivity contribution >= 4 is 27.5 Å². The minimum Gasteiger partial charge on any atom is -0.439 e. The fraction of sp³-hybridized carbons (Fsp3) is 0.0833. The molecule has 0 radical (unpaired) electrons. The molecule has 2 nitrogen and oxygen atoms in total. The summed E-state index contributed by atoms with van der Waals surface area (Å²) in [5.74, 6) is 0.290. The average molecular weight is 317 g/mol. The van der Waals surface area contributed by atoms with Gasteiger partial charge < -0.3 is 4.74 Å². The van der Waals surface area contributed by atoms with Gasteiger partial charge in [0.15, 0.2) is 0 Å². The van der Waals surface area contributed by atoms with Crippen molar-refractivity contribution in [3.8, 4) is 11.6 Å². The van der Waals surface area contributed by atoms with Crippen LogP contribution in [0.25, 0.3) is 0 Å². The van der Waals surface area contributed by atoms with E-state index >= 15 is 0 Å². The van der Waals surface area contributed by atoms with Crippen molar-refractivity contribution in [2.45, 2.75) is 6.92 Å². The van der Waals surface area contributed by atoms with E-state index in [2.05, 4.69) is 20.9 Å². The summed E-state index contributed by atoms with van der Waals surface area (Å²) in [6.45, 7) is 1.86. The smallest absolute Gasteiger partial charge is 0.222 e. The Morgan fingerprint density at radius 1 is 1.35 bits per heavy atom. The van der Waals surface area contributed by atoms with Crippen LogP contribution >= 0.6 is 27.5 Å². The molecule has 2 rings (SSSR count). The molecule has 1 aromatic heterocycles. The number of ether oxygens (including phenoxy) is 1. The summed E-state index contributed by atoms with van der Waals surface area (Å²) < 4.78 is 19.5. The van der Waals surface area contributed by atoms with E-state index in [-0.39, 0.29) is 5.02 Å². The molecule has 5 heteroatoms. The maximum atomic E-state index is 13.2. The van der Waals surface area contributed by atoms with E-state index in [9.17, 15) is 4.39 Å². The number of pyridine rings is 1. The van der Waals surface area contributed by atoms with Gasteiger partial charge in [-0.05, 0) is 41.1 Å². The number of nitrogens with zero attached hydrogens (tertiary/aromatic N) is 1. The molecule has 2 aromatic rings. The zero-order valence-corrected chi connectivity index (χ0v) is 11.2. The highest BCUT2D eigenvalue weighted by Gasteiger charge is 2.06. The molecule has 0 spiro atoms. The van der Waals surface area contributed by atoms with Gasteiger partial charge in [0.25, 0.3) is 0 Å². The van der Waals surface area contributed by atoms with E-state index in [0.29, 0.717) is 11.6 Å². The molecule has 0 unspecified atom stereocenters. The third-order valence-corrected chi connectivity index (χ3v) is 2.84. The lowest BCUT2D eigenvalue weighted by Crippen LogP contribution is -1.91. The highest BCUT2D eigenvalue weighted by atomic mass is 79.9. The summed E-state index contributed by atoms with van der Waals surface area (Å²) in [6, 6.07) is 6.13. The predicted molar refractivity (Wildman–Crippen MR) is 68.2 cm³/mol. The highest BCUT2D eigenvalue weighted by molar-refractivity contribution is 9.10. The van der Waals surface area contributed by atoms with Crippen LogP contribution in [0.5, 0.6) is 11.6 Å². The quantitative estimate of drug-likeness (QED) is 0.798. The highest BCUT2D eigenvalue weighted by Crippen LogP contribution is 2.27. The number of halogens is 3. The monoisotopic (exact) mass is 315 g/mol. The van der Waals surface area contributed by atoms with Crippen molar-refractivity contribution in [3.05, 3.63) is 51.3 Å². The van der Waals surface area contributed by atoms with Crippen LogP contribution in [-0.2, 0) is 0 Å². The molecule has 0 aliphatic carbocycles. The molecule has 0 atom stereocenters. The lowest BCUT2D eigenvalue weighted by Gasteiger charge is -2.07. The fourth-order valence-electron chi connectivity index (χ4n) is 1.29. The van der Waals surface area contributed by atoms with Gasteiger partial charge in [-0.2, -0.15) is 0 Å². The molecule has 0 bridgehead atoms. The summed E-state index contributed by atoms with van der Waals surface area (Å²) in [5.41, 5.74) is 0.856. The molecule has 0 saturated heterocycles. The standard InChI is InChI=1S/C12H8BrClFNO/c1-7-4-8(13)6-16-12(7)17-9-2-3-10(14)11(15)5-9/h2-6H,1H3. The summed E-state index contributed by atoms with van der Waals surface area (Å²) in [7, 11) is 0. The Morgan fingerprint density at radius 2 is 2.12 bits per heavy atom. The first-order valence-electron chi connectivity index (χ1n) is 4.81. The van der Waals surface area contributed by atoms with Crippen molar-refractivity contribution in [1.82, 2.24) is 4.98 Å². The molecule has 17 heavy (non-hydrogen) atoms. The normalized spacial score (nSPS) is 10.4.